The highest BCUT2D eigenvalue weighted by Crippen LogP contribution is 2.57. The zero-order valence-corrected chi connectivity index (χ0v) is 28.7. The number of aromatic nitrogens is 1. The molecule has 2 aromatic rings. The number of methoxy groups -OCH3 is 1. The van der Waals surface area contributed by atoms with Crippen molar-refractivity contribution >= 4 is 50.8 Å². The van der Waals surface area contributed by atoms with Crippen LogP contribution in [0.5, 0.6) is 11.6 Å². The molecule has 2 aliphatic carbocycles. The van der Waals surface area contributed by atoms with Crippen LogP contribution in [0, 0.1) is 23.2 Å². The van der Waals surface area contributed by atoms with Crippen molar-refractivity contribution in [1.29, 1.82) is 0 Å². The number of amides is 2. The van der Waals surface area contributed by atoms with Crippen LogP contribution >= 0.6 is 12.4 Å². The third-order valence-corrected chi connectivity index (χ3v) is 12.1. The minimum atomic E-state index is -3.80. The predicted octanol–water partition coefficient (Wildman–Crippen LogP) is 3.93. The van der Waals surface area contributed by atoms with Gasteiger partial charge in [-0.1, -0.05) is 44.2 Å². The van der Waals surface area contributed by atoms with E-state index < -0.39 is 44.8 Å². The average molecular weight is 689 g/mol. The quantitative estimate of drug-likeness (QED) is 0.429. The van der Waals surface area contributed by atoms with Crippen LogP contribution in [0.1, 0.15) is 65.2 Å². The molecule has 3 N–H and O–H groups in total. The second-order valence-electron chi connectivity index (χ2n) is 13.8. The number of rotatable bonds is 6. The Balaban J connectivity index is 0.00000433. The molecule has 2 aliphatic heterocycles. The van der Waals surface area contributed by atoms with Gasteiger partial charge in [0, 0.05) is 23.6 Å². The SMILES string of the molecule is COc1cnc(O[C@@H]2C[C@H]3C(=O)C[C@]4(C(=O)NS(=O)(=O)C5CC5)C[C@H]4/C=C\CC[C@@H](C)C[C@@H](C)[C@H](N)C(=O)N3C2)c2ccccc12.Cl. The van der Waals surface area contributed by atoms with Crippen molar-refractivity contribution in [3.63, 3.8) is 0 Å². The zero-order valence-electron chi connectivity index (χ0n) is 27.1. The van der Waals surface area contributed by atoms with Crippen LogP contribution in [-0.2, 0) is 24.4 Å². The van der Waals surface area contributed by atoms with Gasteiger partial charge in [-0.05, 0) is 62.3 Å². The number of carbonyl (C=O) groups excluding carboxylic acids is 3. The molecule has 0 spiro atoms. The number of hydrogen-bond donors (Lipinski definition) is 2. The fraction of sp³-hybridized carbons (Fsp3) is 0.588. The van der Waals surface area contributed by atoms with Crippen molar-refractivity contribution in [3.8, 4) is 11.6 Å². The standard InChI is InChI=1S/C34H44N4O7S.ClH/c1-20-8-4-5-9-22-16-34(22,33(41)37-46(42,43)24-12-13-24)17-28(39)27-15-23(19-38(27)32(40)30(35)21(2)14-20)45-31-26-11-7-6-10-25(26)29(44-3)18-36-31;/h5-7,9-11,18,20-24,27,30H,4,8,12-17,19,35H2,1-3H3,(H,37,41);1H/b9-5-;/t20-,21-,22-,23-,27+,30+,34-;/m1./s1. The van der Waals surface area contributed by atoms with Gasteiger partial charge < -0.3 is 20.1 Å². The van der Waals surface area contributed by atoms with Gasteiger partial charge in [0.25, 0.3) is 0 Å². The lowest BCUT2D eigenvalue weighted by Gasteiger charge is -2.30. The van der Waals surface area contributed by atoms with Crippen molar-refractivity contribution in [2.45, 2.75) is 88.7 Å². The second kappa shape index (κ2) is 13.7. The maximum absolute atomic E-state index is 14.2. The summed E-state index contributed by atoms with van der Waals surface area (Å²) in [7, 11) is -2.22. The van der Waals surface area contributed by atoms with Crippen LogP contribution in [0.15, 0.2) is 42.6 Å². The van der Waals surface area contributed by atoms with Gasteiger partial charge in [0.1, 0.15) is 11.9 Å². The molecule has 0 bridgehead atoms. The minimum absolute atomic E-state index is 0. The van der Waals surface area contributed by atoms with Crippen LogP contribution in [0.2, 0.25) is 0 Å². The first kappa shape index (κ1) is 35.1. The number of ketones is 1. The van der Waals surface area contributed by atoms with Crippen molar-refractivity contribution < 1.29 is 32.3 Å². The number of ether oxygens (including phenoxy) is 2. The number of hydrogen-bond acceptors (Lipinski definition) is 9. The summed E-state index contributed by atoms with van der Waals surface area (Å²) in [5.74, 6) is -0.371. The Labute approximate surface area is 282 Å². The van der Waals surface area contributed by atoms with E-state index in [-0.39, 0.29) is 55.3 Å². The van der Waals surface area contributed by atoms with E-state index in [9.17, 15) is 22.8 Å². The Morgan fingerprint density at radius 3 is 2.53 bits per heavy atom. The molecular formula is C34H45ClN4O7S. The number of carbonyl (C=O) groups is 3. The summed E-state index contributed by atoms with van der Waals surface area (Å²) in [6, 6.07) is 5.86. The summed E-state index contributed by atoms with van der Waals surface area (Å²) in [5.41, 5.74) is 5.39. The summed E-state index contributed by atoms with van der Waals surface area (Å²) in [5, 5.41) is 0.997. The van der Waals surface area contributed by atoms with Crippen molar-refractivity contribution in [3.05, 3.63) is 42.6 Å². The van der Waals surface area contributed by atoms with E-state index in [0.717, 1.165) is 30.0 Å². The van der Waals surface area contributed by atoms with E-state index in [1.807, 2.05) is 43.3 Å². The summed E-state index contributed by atoms with van der Waals surface area (Å²) in [6.07, 6.45) is 8.86. The maximum Gasteiger partial charge on any atom is 0.240 e. The molecule has 3 fully saturated rings. The van der Waals surface area contributed by atoms with E-state index in [2.05, 4.69) is 16.6 Å². The highest BCUT2D eigenvalue weighted by Gasteiger charge is 2.61. The van der Waals surface area contributed by atoms with E-state index >= 15 is 0 Å². The van der Waals surface area contributed by atoms with Crippen LogP contribution < -0.4 is 19.9 Å². The molecule has 7 atom stereocenters. The van der Waals surface area contributed by atoms with Gasteiger partial charge in [-0.25, -0.2) is 13.4 Å². The number of fused-ring (bicyclic) bond motifs is 3. The van der Waals surface area contributed by atoms with Crippen LogP contribution in [0.25, 0.3) is 10.8 Å². The molecule has 1 saturated heterocycles. The van der Waals surface area contributed by atoms with Crippen molar-refractivity contribution in [2.24, 2.45) is 28.9 Å². The minimum Gasteiger partial charge on any atom is -0.494 e. The lowest BCUT2D eigenvalue weighted by molar-refractivity contribution is -0.140. The third-order valence-electron chi connectivity index (χ3n) is 10.3. The predicted molar refractivity (Wildman–Crippen MR) is 180 cm³/mol. The normalized spacial score (nSPS) is 32.2. The molecule has 2 saturated carbocycles. The lowest BCUT2D eigenvalue weighted by atomic mass is 9.88. The molecule has 1 aromatic heterocycles. The fourth-order valence-electron chi connectivity index (χ4n) is 7.21. The molecule has 0 radical (unpaired) electrons. The number of allylic oxidation sites excluding steroid dienone is 2. The summed E-state index contributed by atoms with van der Waals surface area (Å²) in [6.45, 7) is 4.23. The van der Waals surface area contributed by atoms with Crippen LogP contribution in [0.3, 0.4) is 0 Å². The Kier molecular flexibility index (Phi) is 10.2. The first-order valence-electron chi connectivity index (χ1n) is 16.3. The van der Waals surface area contributed by atoms with Gasteiger partial charge in [0.15, 0.2) is 5.78 Å². The zero-order chi connectivity index (χ0) is 32.8. The van der Waals surface area contributed by atoms with E-state index in [1.165, 1.54) is 4.90 Å². The number of nitrogens with one attached hydrogen (secondary N) is 1. The molecule has 4 aliphatic rings. The molecule has 1 aromatic carbocycles. The van der Waals surface area contributed by atoms with Crippen LogP contribution in [0.4, 0.5) is 0 Å². The molecule has 0 unspecified atom stereocenters. The highest BCUT2D eigenvalue weighted by molar-refractivity contribution is 7.90. The number of nitrogens with two attached hydrogens (primary N) is 1. The number of halogens is 1. The molecule has 47 heavy (non-hydrogen) atoms. The highest BCUT2D eigenvalue weighted by atomic mass is 35.5. The number of benzene rings is 1. The molecule has 256 valence electrons. The third kappa shape index (κ3) is 7.15. The largest absolute Gasteiger partial charge is 0.494 e. The van der Waals surface area contributed by atoms with Gasteiger partial charge >= 0.3 is 0 Å². The Morgan fingerprint density at radius 1 is 1.11 bits per heavy atom. The smallest absolute Gasteiger partial charge is 0.240 e. The number of Topliss-reactive ketones (excluding diaryl/α,β-unsaturated/α-hetero) is 1. The van der Waals surface area contributed by atoms with Gasteiger partial charge in [-0.3, -0.25) is 19.1 Å². The molecule has 13 heteroatoms. The van der Waals surface area contributed by atoms with Gasteiger partial charge in [0.2, 0.25) is 27.7 Å². The summed E-state index contributed by atoms with van der Waals surface area (Å²) < 4.78 is 39.6. The Morgan fingerprint density at radius 2 is 1.83 bits per heavy atom. The van der Waals surface area contributed by atoms with Crippen molar-refractivity contribution in [1.82, 2.24) is 14.6 Å². The lowest BCUT2D eigenvalue weighted by Crippen LogP contribution is -2.52. The molecular weight excluding hydrogens is 644 g/mol. The maximum atomic E-state index is 14.2. The molecule has 3 heterocycles. The second-order valence-corrected chi connectivity index (χ2v) is 15.8. The number of nitrogens with zero attached hydrogens (tertiary/aromatic N) is 2. The van der Waals surface area contributed by atoms with Crippen LogP contribution in [-0.4, -0.2) is 73.0 Å². The molecule has 6 rings (SSSR count). The monoisotopic (exact) mass is 688 g/mol. The van der Waals surface area contributed by atoms with E-state index in [1.54, 1.807) is 13.3 Å². The number of sulfonamides is 1. The topological polar surface area (TPSA) is 158 Å². The van der Waals surface area contributed by atoms with Crippen molar-refractivity contribution in [2.75, 3.05) is 13.7 Å². The number of pyridine rings is 1. The van der Waals surface area contributed by atoms with Gasteiger partial charge in [0.05, 0.1) is 42.6 Å². The van der Waals surface area contributed by atoms with Gasteiger partial charge in [-0.15, -0.1) is 12.4 Å². The molecule has 2 amide bonds. The van der Waals surface area contributed by atoms with E-state index in [4.69, 9.17) is 15.2 Å². The summed E-state index contributed by atoms with van der Waals surface area (Å²) in [4.78, 5) is 47.8. The molecule has 11 nitrogen and oxygen atoms in total. The fourth-order valence-corrected chi connectivity index (χ4v) is 8.60. The average Bonchev–Trinajstić information content (AvgIpc) is 3.95. The van der Waals surface area contributed by atoms with Gasteiger partial charge in [-0.2, -0.15) is 0 Å². The first-order chi connectivity index (χ1) is 21.9. The summed E-state index contributed by atoms with van der Waals surface area (Å²) >= 11 is 0. The Bertz CT molecular complexity index is 1660. The Hall–Kier alpha value is -3.22. The van der Waals surface area contributed by atoms with E-state index in [0.29, 0.717) is 36.8 Å². The first-order valence-corrected chi connectivity index (χ1v) is 17.9.